The van der Waals surface area contributed by atoms with Crippen LogP contribution in [-0.2, 0) is 6.54 Å². The van der Waals surface area contributed by atoms with Crippen molar-refractivity contribution in [3.63, 3.8) is 0 Å². The van der Waals surface area contributed by atoms with Crippen LogP contribution in [0, 0.1) is 15.9 Å². The quantitative estimate of drug-likeness (QED) is 0.508. The number of nitro groups is 1. The number of pyridine rings is 1. The summed E-state index contributed by atoms with van der Waals surface area (Å²) in [4.78, 5) is 35.3. The van der Waals surface area contributed by atoms with Crippen molar-refractivity contribution < 1.29 is 18.8 Å². The fourth-order valence-corrected chi connectivity index (χ4v) is 2.67. The molecule has 0 saturated carbocycles. The van der Waals surface area contributed by atoms with Gasteiger partial charge in [-0.2, -0.15) is 0 Å². The van der Waals surface area contributed by atoms with Gasteiger partial charge < -0.3 is 14.6 Å². The number of amides is 1. The van der Waals surface area contributed by atoms with Crippen LogP contribution in [0.3, 0.4) is 0 Å². The van der Waals surface area contributed by atoms with E-state index in [1.165, 1.54) is 72.5 Å². The molecule has 0 spiro atoms. The van der Waals surface area contributed by atoms with Crippen LogP contribution in [-0.4, -0.2) is 22.5 Å². The van der Waals surface area contributed by atoms with Gasteiger partial charge in [-0.1, -0.05) is 12.1 Å². The Labute approximate surface area is 164 Å². The zero-order chi connectivity index (χ0) is 21.0. The van der Waals surface area contributed by atoms with Gasteiger partial charge in [-0.3, -0.25) is 19.7 Å². The first kappa shape index (κ1) is 19.7. The van der Waals surface area contributed by atoms with E-state index in [0.29, 0.717) is 5.56 Å². The molecule has 0 aliphatic carbocycles. The number of nitrogens with one attached hydrogen (secondary N) is 1. The van der Waals surface area contributed by atoms with Crippen molar-refractivity contribution >= 4 is 17.3 Å². The van der Waals surface area contributed by atoms with Crippen LogP contribution in [0.1, 0.15) is 15.9 Å². The summed E-state index contributed by atoms with van der Waals surface area (Å²) in [6.45, 7) is 0.142. The fraction of sp³-hybridized carbons (Fsp3) is 0.100. The fourth-order valence-electron chi connectivity index (χ4n) is 2.67. The van der Waals surface area contributed by atoms with Gasteiger partial charge in [0.25, 0.3) is 17.2 Å². The molecule has 0 bridgehead atoms. The van der Waals surface area contributed by atoms with Crippen molar-refractivity contribution in [3.05, 3.63) is 98.2 Å². The Hall–Kier alpha value is -4.01. The van der Waals surface area contributed by atoms with E-state index < -0.39 is 16.6 Å². The number of carbonyl (C=O) groups is 1. The second-order valence-electron chi connectivity index (χ2n) is 6.10. The minimum Gasteiger partial charge on any atom is -0.496 e. The lowest BCUT2D eigenvalue weighted by molar-refractivity contribution is -0.384. The number of hydrogen-bond donors (Lipinski definition) is 1. The molecule has 2 aromatic carbocycles. The molecule has 0 aliphatic rings. The largest absolute Gasteiger partial charge is 0.496 e. The number of benzene rings is 2. The highest BCUT2D eigenvalue weighted by Crippen LogP contribution is 2.29. The smallest absolute Gasteiger partial charge is 0.296 e. The third-order valence-corrected chi connectivity index (χ3v) is 4.16. The standard InChI is InChI=1S/C20H16FN3O5/c1-29-16-7-8-17(18(10-16)24(27)28)22-20(26)14-4-9-19(25)23(12-14)11-13-2-5-15(21)6-3-13/h2-10,12H,11H2,1H3,(H,22,26). The number of rotatable bonds is 6. The van der Waals surface area contributed by atoms with Gasteiger partial charge in [0.2, 0.25) is 0 Å². The molecule has 3 aromatic rings. The van der Waals surface area contributed by atoms with E-state index >= 15 is 0 Å². The van der Waals surface area contributed by atoms with Crippen LogP contribution < -0.4 is 15.6 Å². The Kier molecular flexibility index (Phi) is 5.68. The predicted octanol–water partition coefficient (Wildman–Crippen LogP) is 3.20. The van der Waals surface area contributed by atoms with Crippen molar-refractivity contribution in [3.8, 4) is 5.75 Å². The molecule has 0 atom stereocenters. The van der Waals surface area contributed by atoms with E-state index in [4.69, 9.17) is 4.74 Å². The maximum Gasteiger partial charge on any atom is 0.296 e. The first-order chi connectivity index (χ1) is 13.9. The predicted molar refractivity (Wildman–Crippen MR) is 104 cm³/mol. The Morgan fingerprint density at radius 1 is 1.17 bits per heavy atom. The van der Waals surface area contributed by atoms with Crippen LogP contribution in [0.25, 0.3) is 0 Å². The normalized spacial score (nSPS) is 10.4. The summed E-state index contributed by atoms with van der Waals surface area (Å²) in [5.41, 5.74) is 0.143. The molecule has 1 N–H and O–H groups in total. The summed E-state index contributed by atoms with van der Waals surface area (Å²) in [5.74, 6) is -0.732. The highest BCUT2D eigenvalue weighted by Gasteiger charge is 2.18. The molecular weight excluding hydrogens is 381 g/mol. The topological polar surface area (TPSA) is 103 Å². The lowest BCUT2D eigenvalue weighted by atomic mass is 10.2. The molecule has 8 nitrogen and oxygen atoms in total. The average Bonchev–Trinajstić information content (AvgIpc) is 2.71. The third kappa shape index (κ3) is 4.64. The first-order valence-corrected chi connectivity index (χ1v) is 8.46. The summed E-state index contributed by atoms with van der Waals surface area (Å²) in [5, 5.41) is 13.7. The number of methoxy groups -OCH3 is 1. The highest BCUT2D eigenvalue weighted by atomic mass is 19.1. The van der Waals surface area contributed by atoms with Crippen molar-refractivity contribution in [2.75, 3.05) is 12.4 Å². The Morgan fingerprint density at radius 2 is 1.90 bits per heavy atom. The maximum atomic E-state index is 13.0. The summed E-state index contributed by atoms with van der Waals surface area (Å²) in [6, 6.07) is 12.2. The van der Waals surface area contributed by atoms with Gasteiger partial charge in [0.05, 0.1) is 30.2 Å². The van der Waals surface area contributed by atoms with Crippen LogP contribution >= 0.6 is 0 Å². The molecule has 0 unspecified atom stereocenters. The number of anilines is 1. The van der Waals surface area contributed by atoms with Crippen molar-refractivity contribution in [2.45, 2.75) is 6.54 Å². The minimum absolute atomic E-state index is 0.00270. The van der Waals surface area contributed by atoms with Crippen molar-refractivity contribution in [1.29, 1.82) is 0 Å². The second-order valence-corrected chi connectivity index (χ2v) is 6.10. The number of halogens is 1. The molecule has 0 radical (unpaired) electrons. The van der Waals surface area contributed by atoms with Crippen LogP contribution in [0.4, 0.5) is 15.8 Å². The first-order valence-electron chi connectivity index (χ1n) is 8.46. The summed E-state index contributed by atoms with van der Waals surface area (Å²) >= 11 is 0. The van der Waals surface area contributed by atoms with Gasteiger partial charge in [0.15, 0.2) is 0 Å². The van der Waals surface area contributed by atoms with Crippen LogP contribution in [0.5, 0.6) is 5.75 Å². The van der Waals surface area contributed by atoms with E-state index in [-0.39, 0.29) is 34.8 Å². The Balaban J connectivity index is 1.86. The van der Waals surface area contributed by atoms with Gasteiger partial charge >= 0.3 is 0 Å². The van der Waals surface area contributed by atoms with E-state index in [0.717, 1.165) is 0 Å². The molecule has 0 aliphatic heterocycles. The van der Waals surface area contributed by atoms with Gasteiger partial charge in [0, 0.05) is 12.3 Å². The number of nitrogens with zero attached hydrogens (tertiary/aromatic N) is 2. The average molecular weight is 397 g/mol. The van der Waals surface area contributed by atoms with Gasteiger partial charge in [-0.15, -0.1) is 0 Å². The van der Waals surface area contributed by atoms with Crippen LogP contribution in [0.15, 0.2) is 65.6 Å². The lowest BCUT2D eigenvalue weighted by Gasteiger charge is -2.10. The number of nitro benzene ring substituents is 1. The van der Waals surface area contributed by atoms with Crippen LogP contribution in [0.2, 0.25) is 0 Å². The molecule has 1 heterocycles. The van der Waals surface area contributed by atoms with E-state index in [1.807, 2.05) is 0 Å². The molecule has 0 saturated heterocycles. The number of aromatic nitrogens is 1. The third-order valence-electron chi connectivity index (χ3n) is 4.16. The van der Waals surface area contributed by atoms with Crippen molar-refractivity contribution in [1.82, 2.24) is 4.57 Å². The molecule has 1 amide bonds. The molecule has 148 valence electrons. The molecule has 29 heavy (non-hydrogen) atoms. The SMILES string of the molecule is COc1ccc(NC(=O)c2ccc(=O)n(Cc3ccc(F)cc3)c2)c([N+](=O)[O-])c1. The van der Waals surface area contributed by atoms with E-state index in [9.17, 15) is 24.1 Å². The van der Waals surface area contributed by atoms with Gasteiger partial charge in [-0.25, -0.2) is 4.39 Å². The van der Waals surface area contributed by atoms with Gasteiger partial charge in [0.1, 0.15) is 17.3 Å². The summed E-state index contributed by atoms with van der Waals surface area (Å²) in [7, 11) is 1.38. The number of hydrogen-bond acceptors (Lipinski definition) is 5. The lowest BCUT2D eigenvalue weighted by Crippen LogP contribution is -2.22. The second kappa shape index (κ2) is 8.34. The molecule has 1 aromatic heterocycles. The molecule has 3 rings (SSSR count). The molecule has 0 fully saturated rings. The Bertz CT molecular complexity index is 1130. The maximum absolute atomic E-state index is 13.0. The van der Waals surface area contributed by atoms with E-state index in [1.54, 1.807) is 0 Å². The number of carbonyl (C=O) groups excluding carboxylic acids is 1. The van der Waals surface area contributed by atoms with E-state index in [2.05, 4.69) is 5.32 Å². The Morgan fingerprint density at radius 3 is 2.55 bits per heavy atom. The minimum atomic E-state index is -0.631. The summed E-state index contributed by atoms with van der Waals surface area (Å²) < 4.78 is 19.3. The summed E-state index contributed by atoms with van der Waals surface area (Å²) in [6.07, 6.45) is 1.34. The monoisotopic (exact) mass is 397 g/mol. The zero-order valence-corrected chi connectivity index (χ0v) is 15.3. The molecule has 9 heteroatoms. The zero-order valence-electron chi connectivity index (χ0n) is 15.3. The highest BCUT2D eigenvalue weighted by molar-refractivity contribution is 6.05. The van der Waals surface area contributed by atoms with Gasteiger partial charge in [-0.05, 0) is 35.9 Å². The number of ether oxygens (including phenoxy) is 1. The molecular formula is C20H16FN3O5. The van der Waals surface area contributed by atoms with Crippen molar-refractivity contribution in [2.24, 2.45) is 0 Å².